The lowest BCUT2D eigenvalue weighted by Gasteiger charge is -2.22. The average molecular weight is 130 g/mol. The van der Waals surface area contributed by atoms with Crippen molar-refractivity contribution in [3.63, 3.8) is 0 Å². The second-order valence-corrected chi connectivity index (χ2v) is 4.06. The summed E-state index contributed by atoms with van der Waals surface area (Å²) in [5, 5.41) is 0. The molecular weight excluding hydrogens is 116 g/mol. The maximum atomic E-state index is 2.35. The first kappa shape index (κ1) is 6.47. The maximum absolute atomic E-state index is 2.35. The molecule has 2 atom stereocenters. The van der Waals surface area contributed by atoms with Crippen LogP contribution >= 0.6 is 11.8 Å². The van der Waals surface area contributed by atoms with Gasteiger partial charge in [-0.3, -0.25) is 0 Å². The Morgan fingerprint density at radius 1 is 1.12 bits per heavy atom. The second kappa shape index (κ2) is 2.77. The van der Waals surface area contributed by atoms with Gasteiger partial charge in [0.15, 0.2) is 0 Å². The first-order valence-electron chi connectivity index (χ1n) is 3.37. The van der Waals surface area contributed by atoms with Gasteiger partial charge in [0.25, 0.3) is 0 Å². The van der Waals surface area contributed by atoms with Crippen LogP contribution in [-0.4, -0.2) is 11.5 Å². The van der Waals surface area contributed by atoms with Crippen molar-refractivity contribution in [1.82, 2.24) is 0 Å². The van der Waals surface area contributed by atoms with Crippen molar-refractivity contribution >= 4 is 11.8 Å². The van der Waals surface area contributed by atoms with Crippen molar-refractivity contribution in [3.8, 4) is 0 Å². The molecule has 2 unspecified atom stereocenters. The SMILES string of the molecule is CC1CSCC(C)C1. The van der Waals surface area contributed by atoms with Crippen LogP contribution in [-0.2, 0) is 0 Å². The van der Waals surface area contributed by atoms with Crippen LogP contribution in [0.5, 0.6) is 0 Å². The Morgan fingerprint density at radius 2 is 1.62 bits per heavy atom. The van der Waals surface area contributed by atoms with Crippen molar-refractivity contribution in [1.29, 1.82) is 0 Å². The minimum Gasteiger partial charge on any atom is -0.161 e. The molecule has 0 spiro atoms. The topological polar surface area (TPSA) is 0 Å². The lowest BCUT2D eigenvalue weighted by molar-refractivity contribution is 0.465. The molecule has 0 amide bonds. The van der Waals surface area contributed by atoms with Gasteiger partial charge in [0.1, 0.15) is 0 Å². The molecular formula is C7H14S. The number of hydrogen-bond acceptors (Lipinski definition) is 1. The fourth-order valence-electron chi connectivity index (χ4n) is 1.29. The first-order chi connectivity index (χ1) is 3.79. The summed E-state index contributed by atoms with van der Waals surface area (Å²) in [6.07, 6.45) is 1.45. The molecule has 0 aliphatic carbocycles. The predicted octanol–water partition coefficient (Wildman–Crippen LogP) is 2.40. The molecule has 0 radical (unpaired) electrons. The van der Waals surface area contributed by atoms with E-state index in [0.717, 1.165) is 11.8 Å². The van der Waals surface area contributed by atoms with Gasteiger partial charge in [0.2, 0.25) is 0 Å². The van der Waals surface area contributed by atoms with Crippen molar-refractivity contribution in [3.05, 3.63) is 0 Å². The van der Waals surface area contributed by atoms with E-state index >= 15 is 0 Å². The highest BCUT2D eigenvalue weighted by Crippen LogP contribution is 2.26. The van der Waals surface area contributed by atoms with Gasteiger partial charge >= 0.3 is 0 Å². The maximum Gasteiger partial charge on any atom is -0.00416 e. The summed E-state index contributed by atoms with van der Waals surface area (Å²) < 4.78 is 0. The lowest BCUT2D eigenvalue weighted by Crippen LogP contribution is -2.14. The van der Waals surface area contributed by atoms with Crippen LogP contribution in [0.15, 0.2) is 0 Å². The molecule has 0 aromatic carbocycles. The molecule has 1 aliphatic heterocycles. The quantitative estimate of drug-likeness (QED) is 0.485. The number of hydrogen-bond donors (Lipinski definition) is 0. The second-order valence-electron chi connectivity index (χ2n) is 2.98. The van der Waals surface area contributed by atoms with E-state index in [1.807, 2.05) is 0 Å². The van der Waals surface area contributed by atoms with Crippen LogP contribution in [0.3, 0.4) is 0 Å². The summed E-state index contributed by atoms with van der Waals surface area (Å²) in [5.41, 5.74) is 0. The van der Waals surface area contributed by atoms with E-state index in [1.54, 1.807) is 0 Å². The standard InChI is InChI=1S/C7H14S/c1-6-3-7(2)5-8-4-6/h6-7H,3-5H2,1-2H3. The number of thioether (sulfide) groups is 1. The van der Waals surface area contributed by atoms with E-state index in [0.29, 0.717) is 0 Å². The van der Waals surface area contributed by atoms with Crippen LogP contribution in [0.1, 0.15) is 20.3 Å². The van der Waals surface area contributed by atoms with Gasteiger partial charge in [0, 0.05) is 0 Å². The summed E-state index contributed by atoms with van der Waals surface area (Å²) in [6, 6.07) is 0. The first-order valence-corrected chi connectivity index (χ1v) is 4.52. The van der Waals surface area contributed by atoms with Gasteiger partial charge in [-0.15, -0.1) is 0 Å². The van der Waals surface area contributed by atoms with Crippen LogP contribution < -0.4 is 0 Å². The third kappa shape index (κ3) is 1.70. The minimum absolute atomic E-state index is 0.976. The molecule has 1 heterocycles. The molecule has 48 valence electrons. The molecule has 1 aliphatic rings. The Labute approximate surface area is 56.0 Å². The van der Waals surface area contributed by atoms with Crippen molar-refractivity contribution < 1.29 is 0 Å². The fourth-order valence-corrected chi connectivity index (χ4v) is 2.51. The molecule has 1 fully saturated rings. The Bertz CT molecular complexity index is 62.8. The van der Waals surface area contributed by atoms with Crippen LogP contribution in [0, 0.1) is 11.8 Å². The molecule has 8 heavy (non-hydrogen) atoms. The van der Waals surface area contributed by atoms with Crippen molar-refractivity contribution in [2.75, 3.05) is 11.5 Å². The largest absolute Gasteiger partial charge is 0.161 e. The third-order valence-corrected chi connectivity index (χ3v) is 3.22. The van der Waals surface area contributed by atoms with Gasteiger partial charge in [-0.1, -0.05) is 13.8 Å². The van der Waals surface area contributed by atoms with Gasteiger partial charge < -0.3 is 0 Å². The predicted molar refractivity (Wildman–Crippen MR) is 40.3 cm³/mol. The highest BCUT2D eigenvalue weighted by atomic mass is 32.2. The molecule has 1 saturated heterocycles. The van der Waals surface area contributed by atoms with E-state index in [9.17, 15) is 0 Å². The highest BCUT2D eigenvalue weighted by Gasteiger charge is 2.14. The van der Waals surface area contributed by atoms with Crippen molar-refractivity contribution in [2.45, 2.75) is 20.3 Å². The van der Waals surface area contributed by atoms with Gasteiger partial charge in [-0.25, -0.2) is 0 Å². The van der Waals surface area contributed by atoms with E-state index in [2.05, 4.69) is 25.6 Å². The van der Waals surface area contributed by atoms with E-state index in [4.69, 9.17) is 0 Å². The molecule has 0 aromatic rings. The van der Waals surface area contributed by atoms with Gasteiger partial charge in [-0.05, 0) is 29.8 Å². The summed E-state index contributed by atoms with van der Waals surface area (Å²) in [6.45, 7) is 4.70. The Morgan fingerprint density at radius 3 is 1.88 bits per heavy atom. The highest BCUT2D eigenvalue weighted by molar-refractivity contribution is 7.99. The summed E-state index contributed by atoms with van der Waals surface area (Å²) >= 11 is 2.11. The average Bonchev–Trinajstić information content (AvgIpc) is 1.64. The molecule has 1 rings (SSSR count). The zero-order valence-electron chi connectivity index (χ0n) is 5.68. The molecule has 0 bridgehead atoms. The molecule has 0 nitrogen and oxygen atoms in total. The van der Waals surface area contributed by atoms with Crippen LogP contribution in [0.2, 0.25) is 0 Å². The molecule has 0 aromatic heterocycles. The van der Waals surface area contributed by atoms with E-state index in [1.165, 1.54) is 17.9 Å². The van der Waals surface area contributed by atoms with Crippen LogP contribution in [0.25, 0.3) is 0 Å². The molecule has 1 heteroatoms. The smallest absolute Gasteiger partial charge is 0.00416 e. The number of rotatable bonds is 0. The normalized spacial score (nSPS) is 39.8. The summed E-state index contributed by atoms with van der Waals surface area (Å²) in [5.74, 6) is 4.74. The monoisotopic (exact) mass is 130 g/mol. The zero-order chi connectivity index (χ0) is 5.98. The van der Waals surface area contributed by atoms with Crippen molar-refractivity contribution in [2.24, 2.45) is 11.8 Å². The summed E-state index contributed by atoms with van der Waals surface area (Å²) in [7, 11) is 0. The third-order valence-electron chi connectivity index (χ3n) is 1.61. The Hall–Kier alpha value is 0.350. The Kier molecular flexibility index (Phi) is 2.24. The lowest BCUT2D eigenvalue weighted by atomic mass is 10.0. The fraction of sp³-hybridized carbons (Fsp3) is 1.00. The molecule has 0 N–H and O–H groups in total. The molecule has 0 saturated carbocycles. The van der Waals surface area contributed by atoms with Gasteiger partial charge in [0.05, 0.1) is 0 Å². The Balaban J connectivity index is 2.23. The van der Waals surface area contributed by atoms with E-state index in [-0.39, 0.29) is 0 Å². The summed E-state index contributed by atoms with van der Waals surface area (Å²) in [4.78, 5) is 0. The minimum atomic E-state index is 0.976. The van der Waals surface area contributed by atoms with E-state index < -0.39 is 0 Å². The van der Waals surface area contributed by atoms with Crippen LogP contribution in [0.4, 0.5) is 0 Å². The zero-order valence-corrected chi connectivity index (χ0v) is 6.50. The van der Waals surface area contributed by atoms with Gasteiger partial charge in [-0.2, -0.15) is 11.8 Å².